The van der Waals surface area contributed by atoms with Gasteiger partial charge in [-0.15, -0.1) is 0 Å². The predicted octanol–water partition coefficient (Wildman–Crippen LogP) is 2.77. The summed E-state index contributed by atoms with van der Waals surface area (Å²) in [6, 6.07) is 2.90. The monoisotopic (exact) mass is 312 g/mol. The molecule has 0 aromatic heterocycles. The molecule has 1 aliphatic heterocycles. The number of likely N-dealkylation sites (tertiary alicyclic amines) is 1. The summed E-state index contributed by atoms with van der Waals surface area (Å²) in [7, 11) is 0. The number of hydrogen-bond acceptors (Lipinski definition) is 3. The molecule has 0 bridgehead atoms. The first-order valence-corrected chi connectivity index (χ1v) is 7.19. The molecule has 7 heteroatoms. The van der Waals surface area contributed by atoms with Crippen molar-refractivity contribution in [3.05, 3.63) is 29.8 Å². The Balaban J connectivity index is 1.90. The summed E-state index contributed by atoms with van der Waals surface area (Å²) >= 11 is 0. The molecule has 1 saturated heterocycles. The summed E-state index contributed by atoms with van der Waals surface area (Å²) in [6.45, 7) is 2.84. The number of carbonyl (C=O) groups excluding carboxylic acids is 2. The van der Waals surface area contributed by atoms with E-state index >= 15 is 0 Å². The van der Waals surface area contributed by atoms with Crippen molar-refractivity contribution in [3.63, 3.8) is 0 Å². The fourth-order valence-corrected chi connectivity index (χ4v) is 2.37. The highest BCUT2D eigenvalue weighted by Gasteiger charge is 2.28. The molecule has 1 heterocycles. The van der Waals surface area contributed by atoms with Crippen LogP contribution in [0.1, 0.15) is 19.8 Å². The highest BCUT2D eigenvalue weighted by Crippen LogP contribution is 2.21. The minimum absolute atomic E-state index is 0.169. The molecule has 1 fully saturated rings. The van der Waals surface area contributed by atoms with E-state index in [1.165, 1.54) is 4.90 Å². The Bertz CT molecular complexity index is 558. The number of carbonyl (C=O) groups is 2. The summed E-state index contributed by atoms with van der Waals surface area (Å²) in [5, 5.41) is 2.40. The van der Waals surface area contributed by atoms with Gasteiger partial charge >= 0.3 is 6.09 Å². The largest absolute Gasteiger partial charge is 0.450 e. The number of anilines is 1. The minimum Gasteiger partial charge on any atom is -0.450 e. The molecule has 2 amide bonds. The van der Waals surface area contributed by atoms with Crippen LogP contribution < -0.4 is 5.32 Å². The topological polar surface area (TPSA) is 58.6 Å². The fourth-order valence-electron chi connectivity index (χ4n) is 2.37. The lowest BCUT2D eigenvalue weighted by Crippen LogP contribution is -2.41. The summed E-state index contributed by atoms with van der Waals surface area (Å²) in [5.41, 5.74) is -0.169. The van der Waals surface area contributed by atoms with Crippen LogP contribution in [0.4, 0.5) is 19.3 Å². The van der Waals surface area contributed by atoms with Crippen molar-refractivity contribution in [2.45, 2.75) is 19.8 Å². The zero-order chi connectivity index (χ0) is 16.1. The molecule has 1 aliphatic rings. The second-order valence-corrected chi connectivity index (χ2v) is 5.07. The summed E-state index contributed by atoms with van der Waals surface area (Å²) in [5.74, 6) is -2.01. The van der Waals surface area contributed by atoms with E-state index in [9.17, 15) is 18.4 Å². The quantitative estimate of drug-likeness (QED) is 0.933. The molecule has 5 nitrogen and oxygen atoms in total. The third-order valence-electron chi connectivity index (χ3n) is 3.58. The number of nitrogens with one attached hydrogen (secondary N) is 1. The van der Waals surface area contributed by atoms with Gasteiger partial charge in [-0.1, -0.05) is 0 Å². The summed E-state index contributed by atoms with van der Waals surface area (Å²) in [4.78, 5) is 25.2. The van der Waals surface area contributed by atoms with Crippen molar-refractivity contribution in [2.24, 2.45) is 5.92 Å². The van der Waals surface area contributed by atoms with Gasteiger partial charge in [0.2, 0.25) is 5.91 Å². The van der Waals surface area contributed by atoms with Gasteiger partial charge in [0.15, 0.2) is 0 Å². The molecule has 0 atom stereocenters. The Kier molecular flexibility index (Phi) is 5.30. The minimum atomic E-state index is -0.682. The van der Waals surface area contributed by atoms with E-state index in [-0.39, 0.29) is 17.5 Å². The lowest BCUT2D eigenvalue weighted by atomic mass is 9.96. The SMILES string of the molecule is CCOC(=O)N1CCC(C(=O)Nc2cc(F)ccc2F)CC1. The average Bonchev–Trinajstić information content (AvgIpc) is 2.51. The van der Waals surface area contributed by atoms with E-state index in [0.29, 0.717) is 32.5 Å². The highest BCUT2D eigenvalue weighted by atomic mass is 19.1. The van der Waals surface area contributed by atoms with Crippen LogP contribution in [-0.4, -0.2) is 36.6 Å². The zero-order valence-electron chi connectivity index (χ0n) is 12.3. The van der Waals surface area contributed by atoms with Crippen molar-refractivity contribution < 1.29 is 23.1 Å². The van der Waals surface area contributed by atoms with E-state index in [1.807, 2.05) is 0 Å². The molecule has 0 saturated carbocycles. The molecule has 0 radical (unpaired) electrons. The van der Waals surface area contributed by atoms with Crippen molar-refractivity contribution in [3.8, 4) is 0 Å². The molecular weight excluding hydrogens is 294 g/mol. The van der Waals surface area contributed by atoms with Gasteiger partial charge in [0.1, 0.15) is 11.6 Å². The molecule has 1 aromatic carbocycles. The third-order valence-corrected chi connectivity index (χ3v) is 3.58. The van der Waals surface area contributed by atoms with Crippen molar-refractivity contribution in [1.29, 1.82) is 0 Å². The van der Waals surface area contributed by atoms with Gasteiger partial charge in [0, 0.05) is 25.1 Å². The maximum absolute atomic E-state index is 13.5. The van der Waals surface area contributed by atoms with Crippen LogP contribution >= 0.6 is 0 Å². The number of ether oxygens (including phenoxy) is 1. The van der Waals surface area contributed by atoms with E-state index in [2.05, 4.69) is 5.32 Å². The Morgan fingerprint density at radius 2 is 2.00 bits per heavy atom. The third kappa shape index (κ3) is 3.93. The molecule has 0 unspecified atom stereocenters. The lowest BCUT2D eigenvalue weighted by molar-refractivity contribution is -0.121. The lowest BCUT2D eigenvalue weighted by Gasteiger charge is -2.30. The smallest absolute Gasteiger partial charge is 0.409 e. The van der Waals surface area contributed by atoms with E-state index < -0.39 is 17.7 Å². The van der Waals surface area contributed by atoms with Crippen molar-refractivity contribution >= 4 is 17.7 Å². The van der Waals surface area contributed by atoms with Crippen LogP contribution in [0.3, 0.4) is 0 Å². The Morgan fingerprint density at radius 1 is 1.32 bits per heavy atom. The summed E-state index contributed by atoms with van der Waals surface area (Å²) < 4.78 is 31.5. The number of benzene rings is 1. The zero-order valence-corrected chi connectivity index (χ0v) is 12.3. The number of halogens is 2. The van der Waals surface area contributed by atoms with Crippen LogP contribution in [0, 0.1) is 17.6 Å². The molecule has 1 N–H and O–H groups in total. The van der Waals surface area contributed by atoms with Crippen molar-refractivity contribution in [1.82, 2.24) is 4.90 Å². The van der Waals surface area contributed by atoms with E-state index in [4.69, 9.17) is 4.74 Å². The molecule has 1 aromatic rings. The second-order valence-electron chi connectivity index (χ2n) is 5.07. The first-order valence-electron chi connectivity index (χ1n) is 7.19. The van der Waals surface area contributed by atoms with Gasteiger partial charge < -0.3 is 15.0 Å². The first-order chi connectivity index (χ1) is 10.5. The number of nitrogens with zero attached hydrogens (tertiary/aromatic N) is 1. The standard InChI is InChI=1S/C15H18F2N2O3/c1-2-22-15(21)19-7-5-10(6-8-19)14(20)18-13-9-11(16)3-4-12(13)17/h3-4,9-10H,2,5-8H2,1H3,(H,18,20). The van der Waals surface area contributed by atoms with Gasteiger partial charge in [-0.3, -0.25) is 4.79 Å². The number of hydrogen-bond donors (Lipinski definition) is 1. The average molecular weight is 312 g/mol. The van der Waals surface area contributed by atoms with Crippen LogP contribution in [-0.2, 0) is 9.53 Å². The van der Waals surface area contributed by atoms with Crippen LogP contribution in [0.2, 0.25) is 0 Å². The second kappa shape index (κ2) is 7.20. The molecule has 0 aliphatic carbocycles. The number of amides is 2. The maximum atomic E-state index is 13.5. The van der Waals surface area contributed by atoms with Crippen LogP contribution in [0.25, 0.3) is 0 Å². The Labute approximate surface area is 127 Å². The van der Waals surface area contributed by atoms with Crippen molar-refractivity contribution in [2.75, 3.05) is 25.0 Å². The fraction of sp³-hybridized carbons (Fsp3) is 0.467. The Hall–Kier alpha value is -2.18. The maximum Gasteiger partial charge on any atom is 0.409 e. The van der Waals surface area contributed by atoms with Gasteiger partial charge in [0.05, 0.1) is 12.3 Å². The number of piperidine rings is 1. The normalized spacial score (nSPS) is 15.5. The van der Waals surface area contributed by atoms with E-state index in [0.717, 1.165) is 18.2 Å². The van der Waals surface area contributed by atoms with E-state index in [1.54, 1.807) is 6.92 Å². The molecule has 22 heavy (non-hydrogen) atoms. The van der Waals surface area contributed by atoms with Crippen LogP contribution in [0.5, 0.6) is 0 Å². The predicted molar refractivity (Wildman–Crippen MR) is 76.3 cm³/mol. The van der Waals surface area contributed by atoms with Gasteiger partial charge in [-0.2, -0.15) is 0 Å². The highest BCUT2D eigenvalue weighted by molar-refractivity contribution is 5.92. The molecular formula is C15H18F2N2O3. The Morgan fingerprint density at radius 3 is 2.64 bits per heavy atom. The van der Waals surface area contributed by atoms with Gasteiger partial charge in [-0.25, -0.2) is 13.6 Å². The number of rotatable bonds is 3. The van der Waals surface area contributed by atoms with Gasteiger partial charge in [0.25, 0.3) is 0 Å². The molecule has 2 rings (SSSR count). The summed E-state index contributed by atoms with van der Waals surface area (Å²) in [6.07, 6.45) is 0.529. The van der Waals surface area contributed by atoms with Crippen LogP contribution in [0.15, 0.2) is 18.2 Å². The molecule has 120 valence electrons. The first kappa shape index (κ1) is 16.2. The molecule has 0 spiro atoms. The van der Waals surface area contributed by atoms with Gasteiger partial charge in [-0.05, 0) is 31.9 Å².